The summed E-state index contributed by atoms with van der Waals surface area (Å²) in [7, 11) is 0. The molecule has 0 bridgehead atoms. The van der Waals surface area contributed by atoms with E-state index in [1.54, 1.807) is 0 Å². The lowest BCUT2D eigenvalue weighted by Crippen LogP contribution is -2.50. The quantitative estimate of drug-likeness (QED) is 0.267. The second-order valence-corrected chi connectivity index (χ2v) is 5.31. The van der Waals surface area contributed by atoms with Gasteiger partial charge in [0.05, 0.1) is 12.7 Å². The molecule has 0 aromatic rings. The summed E-state index contributed by atoms with van der Waals surface area (Å²) in [6.45, 7) is 3.67. The Morgan fingerprint density at radius 2 is 1.50 bits per heavy atom. The number of nitrogens with one attached hydrogen (secondary N) is 1. The first-order valence-electron chi connectivity index (χ1n) is 7.54. The molecule has 20 heavy (non-hydrogen) atoms. The molecular weight excluding hydrogens is 262 g/mol. The van der Waals surface area contributed by atoms with Gasteiger partial charge in [-0.05, 0) is 12.8 Å². The van der Waals surface area contributed by atoms with Crippen LogP contribution in [0.1, 0.15) is 46.0 Å². The van der Waals surface area contributed by atoms with E-state index in [1.165, 1.54) is 6.42 Å². The maximum atomic E-state index is 9.78. The van der Waals surface area contributed by atoms with E-state index in [4.69, 9.17) is 5.11 Å². The molecule has 0 saturated heterocycles. The Kier molecular flexibility index (Phi) is 11.3. The fourth-order valence-electron chi connectivity index (χ4n) is 2.06. The Morgan fingerprint density at radius 3 is 2.00 bits per heavy atom. The normalized spacial score (nSPS) is 19.4. The van der Waals surface area contributed by atoms with Gasteiger partial charge in [0.2, 0.25) is 0 Å². The van der Waals surface area contributed by atoms with Crippen LogP contribution in [-0.4, -0.2) is 69.1 Å². The zero-order valence-corrected chi connectivity index (χ0v) is 12.6. The van der Waals surface area contributed by atoms with E-state index in [-0.39, 0.29) is 12.6 Å². The summed E-state index contributed by atoms with van der Waals surface area (Å²) in [6, 6.07) is 0.267. The lowest BCUT2D eigenvalue weighted by atomic mass is 10.0. The molecule has 0 amide bonds. The summed E-state index contributed by atoms with van der Waals surface area (Å²) >= 11 is 0. The molecule has 122 valence electrons. The number of hydrogen-bond acceptors (Lipinski definition) is 6. The van der Waals surface area contributed by atoms with Gasteiger partial charge in [-0.15, -0.1) is 0 Å². The minimum atomic E-state index is -1.56. The maximum Gasteiger partial charge on any atom is 0.111 e. The molecule has 1 unspecified atom stereocenters. The van der Waals surface area contributed by atoms with Gasteiger partial charge in [-0.1, -0.05) is 33.1 Å². The topological polar surface area (TPSA) is 113 Å². The zero-order valence-electron chi connectivity index (χ0n) is 12.6. The Labute approximate surface area is 121 Å². The van der Waals surface area contributed by atoms with Crippen molar-refractivity contribution in [2.24, 2.45) is 0 Å². The van der Waals surface area contributed by atoms with Gasteiger partial charge in [0.25, 0.3) is 0 Å². The van der Waals surface area contributed by atoms with Crippen LogP contribution in [0.5, 0.6) is 0 Å². The van der Waals surface area contributed by atoms with Crippen molar-refractivity contribution >= 4 is 0 Å². The predicted molar refractivity (Wildman–Crippen MR) is 77.3 cm³/mol. The van der Waals surface area contributed by atoms with Gasteiger partial charge in [-0.25, -0.2) is 0 Å². The Balaban J connectivity index is 4.07. The van der Waals surface area contributed by atoms with Gasteiger partial charge in [0.1, 0.15) is 18.3 Å². The highest BCUT2D eigenvalue weighted by atomic mass is 16.4. The third kappa shape index (κ3) is 7.52. The molecule has 6 heteroatoms. The van der Waals surface area contributed by atoms with Crippen LogP contribution in [-0.2, 0) is 0 Å². The molecule has 0 heterocycles. The van der Waals surface area contributed by atoms with E-state index in [9.17, 15) is 20.4 Å². The van der Waals surface area contributed by atoms with Gasteiger partial charge >= 0.3 is 0 Å². The smallest absolute Gasteiger partial charge is 0.111 e. The maximum absolute atomic E-state index is 9.78. The van der Waals surface area contributed by atoms with Crippen molar-refractivity contribution in [1.82, 2.24) is 5.32 Å². The van der Waals surface area contributed by atoms with Crippen LogP contribution in [0.2, 0.25) is 0 Å². The molecule has 0 saturated carbocycles. The first kappa shape index (κ1) is 19.8. The van der Waals surface area contributed by atoms with Crippen molar-refractivity contribution in [3.8, 4) is 0 Å². The molecule has 6 N–H and O–H groups in total. The van der Waals surface area contributed by atoms with Crippen molar-refractivity contribution in [2.75, 3.05) is 13.2 Å². The summed E-state index contributed by atoms with van der Waals surface area (Å²) in [5.41, 5.74) is 0. The highest BCUT2D eigenvalue weighted by Gasteiger charge is 2.29. The van der Waals surface area contributed by atoms with Crippen molar-refractivity contribution in [3.05, 3.63) is 0 Å². The highest BCUT2D eigenvalue weighted by molar-refractivity contribution is 4.82. The minimum Gasteiger partial charge on any atom is -0.394 e. The molecule has 0 aliphatic rings. The first-order chi connectivity index (χ1) is 9.47. The fraction of sp³-hybridized carbons (Fsp3) is 1.00. The molecular formula is C14H31NO5. The Morgan fingerprint density at radius 1 is 0.900 bits per heavy atom. The Hall–Kier alpha value is -0.240. The highest BCUT2D eigenvalue weighted by Crippen LogP contribution is 2.08. The summed E-state index contributed by atoms with van der Waals surface area (Å²) < 4.78 is 0. The third-order valence-electron chi connectivity index (χ3n) is 3.59. The van der Waals surface area contributed by atoms with Crippen molar-refractivity contribution in [1.29, 1.82) is 0 Å². The second kappa shape index (κ2) is 11.4. The van der Waals surface area contributed by atoms with Gasteiger partial charge in [-0.3, -0.25) is 0 Å². The average Bonchev–Trinajstić information content (AvgIpc) is 2.47. The first-order valence-corrected chi connectivity index (χ1v) is 7.54. The van der Waals surface area contributed by atoms with E-state index in [1.807, 2.05) is 0 Å². The standard InChI is InChI=1S/C14H31NO5/c1-3-5-6-7-10(4-2)15-8-11(17)13(19)14(20)12(18)9-16/h10-20H,3-9H2,1-2H3/t10?,11-,12+,13+,14+/m0/s1. The van der Waals surface area contributed by atoms with Gasteiger partial charge in [-0.2, -0.15) is 0 Å². The molecule has 0 aliphatic heterocycles. The van der Waals surface area contributed by atoms with E-state index in [2.05, 4.69) is 19.2 Å². The molecule has 0 aromatic heterocycles. The van der Waals surface area contributed by atoms with Crippen LogP contribution in [0.3, 0.4) is 0 Å². The molecule has 0 rings (SSSR count). The lowest BCUT2D eigenvalue weighted by Gasteiger charge is -2.27. The SMILES string of the molecule is CCCCCC(CC)NC[C@H](O)[C@@H](O)[C@H](O)[C@H](O)CO. The molecule has 0 fully saturated rings. The molecule has 6 nitrogen and oxygen atoms in total. The Bertz CT molecular complexity index is 230. The van der Waals surface area contributed by atoms with Crippen molar-refractivity contribution < 1.29 is 25.5 Å². The molecule has 0 spiro atoms. The lowest BCUT2D eigenvalue weighted by molar-refractivity contribution is -0.114. The van der Waals surface area contributed by atoms with Gasteiger partial charge in [0, 0.05) is 12.6 Å². The summed E-state index contributed by atoms with van der Waals surface area (Å²) in [5, 5.41) is 50.0. The number of rotatable bonds is 12. The predicted octanol–water partition coefficient (Wildman–Crippen LogP) is -0.629. The summed E-state index contributed by atoms with van der Waals surface area (Å²) in [6.07, 6.45) is -0.309. The summed E-state index contributed by atoms with van der Waals surface area (Å²) in [5.74, 6) is 0. The molecule has 0 aliphatic carbocycles. The monoisotopic (exact) mass is 293 g/mol. The van der Waals surface area contributed by atoms with Gasteiger partial charge in [0.15, 0.2) is 0 Å². The molecule has 0 aromatic carbocycles. The minimum absolute atomic E-state index is 0.140. The van der Waals surface area contributed by atoms with Crippen LogP contribution in [0.15, 0.2) is 0 Å². The van der Waals surface area contributed by atoms with Crippen LogP contribution < -0.4 is 5.32 Å². The second-order valence-electron chi connectivity index (χ2n) is 5.31. The number of unbranched alkanes of at least 4 members (excludes halogenated alkanes) is 2. The number of aliphatic hydroxyl groups excluding tert-OH is 5. The fourth-order valence-corrected chi connectivity index (χ4v) is 2.06. The van der Waals surface area contributed by atoms with Crippen LogP contribution in [0.25, 0.3) is 0 Å². The largest absolute Gasteiger partial charge is 0.394 e. The number of aliphatic hydroxyl groups is 5. The van der Waals surface area contributed by atoms with Crippen LogP contribution in [0.4, 0.5) is 0 Å². The van der Waals surface area contributed by atoms with E-state index in [0.717, 1.165) is 25.7 Å². The zero-order chi connectivity index (χ0) is 15.5. The van der Waals surface area contributed by atoms with E-state index < -0.39 is 31.0 Å². The average molecular weight is 293 g/mol. The third-order valence-corrected chi connectivity index (χ3v) is 3.59. The summed E-state index contributed by atoms with van der Waals surface area (Å²) in [4.78, 5) is 0. The van der Waals surface area contributed by atoms with E-state index in [0.29, 0.717) is 0 Å². The van der Waals surface area contributed by atoms with E-state index >= 15 is 0 Å². The van der Waals surface area contributed by atoms with Crippen molar-refractivity contribution in [2.45, 2.75) is 76.4 Å². The van der Waals surface area contributed by atoms with Crippen molar-refractivity contribution in [3.63, 3.8) is 0 Å². The van der Waals surface area contributed by atoms with Crippen LogP contribution in [0, 0.1) is 0 Å². The van der Waals surface area contributed by atoms with Crippen LogP contribution >= 0.6 is 0 Å². The molecule has 0 radical (unpaired) electrons. The van der Waals surface area contributed by atoms with Gasteiger partial charge < -0.3 is 30.8 Å². The number of hydrogen-bond donors (Lipinski definition) is 6. The molecule has 5 atom stereocenters.